The van der Waals surface area contributed by atoms with Crippen molar-refractivity contribution in [2.45, 2.75) is 33.2 Å². The molecule has 1 aliphatic rings. The molecule has 2 heterocycles. The van der Waals surface area contributed by atoms with E-state index in [1.54, 1.807) is 0 Å². The summed E-state index contributed by atoms with van der Waals surface area (Å²) >= 11 is 0. The van der Waals surface area contributed by atoms with Gasteiger partial charge in [-0.15, -0.1) is 0 Å². The molecule has 0 amide bonds. The molecule has 138 valence electrons. The number of hydrogen-bond acceptors (Lipinski definition) is 1. The molecular weight excluding hydrogens is 328 g/mol. The molecule has 2 heteroatoms. The van der Waals surface area contributed by atoms with Crippen LogP contribution in [0.25, 0.3) is 16.9 Å². The minimum absolute atomic E-state index is 1.03. The van der Waals surface area contributed by atoms with E-state index in [0.29, 0.717) is 0 Å². The molecule has 3 aromatic rings. The summed E-state index contributed by atoms with van der Waals surface area (Å²) in [5.74, 6) is 0. The molecule has 0 bridgehead atoms. The summed E-state index contributed by atoms with van der Waals surface area (Å²) in [6.45, 7) is 7.59. The van der Waals surface area contributed by atoms with Crippen LogP contribution in [-0.4, -0.2) is 22.6 Å². The number of allylic oxidation sites excluding steroid dienone is 1. The number of fused-ring (bicyclic) bond motifs is 1. The number of para-hydroxylation sites is 1. The maximum Gasteiger partial charge on any atom is 0.0534 e. The lowest BCUT2D eigenvalue weighted by molar-refractivity contribution is 0.299. The number of hydrogen-bond donors (Lipinski definition) is 0. The summed E-state index contributed by atoms with van der Waals surface area (Å²) in [7, 11) is 0. The van der Waals surface area contributed by atoms with E-state index < -0.39 is 0 Å². The number of nitrogens with zero attached hydrogens (tertiary/aromatic N) is 2. The average molecular weight is 357 g/mol. The van der Waals surface area contributed by atoms with Crippen molar-refractivity contribution in [2.75, 3.05) is 13.1 Å². The number of rotatable bonds is 4. The van der Waals surface area contributed by atoms with Gasteiger partial charge in [0.25, 0.3) is 0 Å². The van der Waals surface area contributed by atoms with Crippen LogP contribution in [0.1, 0.15) is 31.5 Å². The van der Waals surface area contributed by atoms with E-state index in [0.717, 1.165) is 26.1 Å². The van der Waals surface area contributed by atoms with Crippen molar-refractivity contribution in [3.8, 4) is 16.9 Å². The summed E-state index contributed by atoms with van der Waals surface area (Å²) in [6, 6.07) is 24.0. The highest BCUT2D eigenvalue weighted by Gasteiger charge is 2.21. The SMILES string of the molecule is CC(C)=CCN1CCCc2c(cc(-c3ccccc3)n2-c2ccccc2)C1. The van der Waals surface area contributed by atoms with Gasteiger partial charge < -0.3 is 4.57 Å². The third-order valence-electron chi connectivity index (χ3n) is 5.32. The van der Waals surface area contributed by atoms with Crippen LogP contribution in [0.2, 0.25) is 0 Å². The molecule has 0 unspecified atom stereocenters. The molecule has 1 aliphatic heterocycles. The molecule has 0 spiro atoms. The lowest BCUT2D eigenvalue weighted by Gasteiger charge is -2.18. The summed E-state index contributed by atoms with van der Waals surface area (Å²) in [4.78, 5) is 2.57. The van der Waals surface area contributed by atoms with Crippen molar-refractivity contribution >= 4 is 0 Å². The first kappa shape index (κ1) is 17.8. The van der Waals surface area contributed by atoms with Crippen molar-refractivity contribution in [1.29, 1.82) is 0 Å². The van der Waals surface area contributed by atoms with Crippen molar-refractivity contribution in [3.05, 3.63) is 89.6 Å². The Morgan fingerprint density at radius 2 is 1.67 bits per heavy atom. The Hall–Kier alpha value is -2.58. The van der Waals surface area contributed by atoms with Crippen LogP contribution in [-0.2, 0) is 13.0 Å². The molecule has 0 atom stereocenters. The molecule has 1 aromatic heterocycles. The van der Waals surface area contributed by atoms with Crippen LogP contribution in [0.5, 0.6) is 0 Å². The lowest BCUT2D eigenvalue weighted by Crippen LogP contribution is -2.23. The molecule has 0 saturated carbocycles. The molecule has 0 aliphatic carbocycles. The van der Waals surface area contributed by atoms with Gasteiger partial charge >= 0.3 is 0 Å². The van der Waals surface area contributed by atoms with Crippen LogP contribution in [0.4, 0.5) is 0 Å². The maximum atomic E-state index is 2.57. The largest absolute Gasteiger partial charge is 0.313 e. The Labute approximate surface area is 162 Å². The van der Waals surface area contributed by atoms with Gasteiger partial charge in [-0.05, 0) is 62.6 Å². The fraction of sp³-hybridized carbons (Fsp3) is 0.280. The van der Waals surface area contributed by atoms with Crippen LogP contribution in [0.15, 0.2) is 78.4 Å². The lowest BCUT2D eigenvalue weighted by atomic mass is 10.1. The van der Waals surface area contributed by atoms with Crippen LogP contribution < -0.4 is 0 Å². The fourth-order valence-electron chi connectivity index (χ4n) is 3.96. The van der Waals surface area contributed by atoms with Gasteiger partial charge in [0.1, 0.15) is 0 Å². The fourth-order valence-corrected chi connectivity index (χ4v) is 3.96. The van der Waals surface area contributed by atoms with E-state index in [1.165, 1.54) is 40.2 Å². The third kappa shape index (κ3) is 3.91. The summed E-state index contributed by atoms with van der Waals surface area (Å²) in [5, 5.41) is 0. The van der Waals surface area contributed by atoms with Crippen molar-refractivity contribution in [1.82, 2.24) is 9.47 Å². The second kappa shape index (κ2) is 7.98. The Kier molecular flexibility index (Phi) is 5.26. The first-order valence-corrected chi connectivity index (χ1v) is 9.92. The average Bonchev–Trinajstić information content (AvgIpc) is 2.93. The van der Waals surface area contributed by atoms with Crippen LogP contribution >= 0.6 is 0 Å². The quantitative estimate of drug-likeness (QED) is 0.532. The van der Waals surface area contributed by atoms with E-state index in [2.05, 4.69) is 96.1 Å². The standard InChI is InChI=1S/C25H28N2/c1-20(2)15-17-26-16-9-14-24-22(19-26)18-25(21-10-5-3-6-11-21)27(24)23-12-7-4-8-13-23/h3-8,10-13,15,18H,9,14,16-17,19H2,1-2H3. The van der Waals surface area contributed by atoms with E-state index in [-0.39, 0.29) is 0 Å². The second-order valence-corrected chi connectivity index (χ2v) is 7.66. The molecule has 0 fully saturated rings. The van der Waals surface area contributed by atoms with Crippen molar-refractivity contribution in [3.63, 3.8) is 0 Å². The van der Waals surface area contributed by atoms with Gasteiger partial charge in [-0.2, -0.15) is 0 Å². The number of aromatic nitrogens is 1. The predicted molar refractivity (Wildman–Crippen MR) is 114 cm³/mol. The Bertz CT molecular complexity index is 916. The number of benzene rings is 2. The third-order valence-corrected chi connectivity index (χ3v) is 5.32. The normalized spacial score (nSPS) is 14.4. The van der Waals surface area contributed by atoms with Crippen LogP contribution in [0, 0.1) is 0 Å². The van der Waals surface area contributed by atoms with Gasteiger partial charge in [0.15, 0.2) is 0 Å². The van der Waals surface area contributed by atoms with Crippen molar-refractivity contribution in [2.24, 2.45) is 0 Å². The Morgan fingerprint density at radius 1 is 0.963 bits per heavy atom. The Morgan fingerprint density at radius 3 is 2.37 bits per heavy atom. The smallest absolute Gasteiger partial charge is 0.0534 e. The minimum Gasteiger partial charge on any atom is -0.313 e. The highest BCUT2D eigenvalue weighted by molar-refractivity contribution is 5.66. The molecule has 2 nitrogen and oxygen atoms in total. The van der Waals surface area contributed by atoms with Gasteiger partial charge in [-0.25, -0.2) is 0 Å². The minimum atomic E-state index is 1.03. The second-order valence-electron chi connectivity index (χ2n) is 7.66. The Balaban J connectivity index is 1.80. The zero-order valence-electron chi connectivity index (χ0n) is 16.4. The van der Waals surface area contributed by atoms with E-state index in [4.69, 9.17) is 0 Å². The molecule has 27 heavy (non-hydrogen) atoms. The molecule has 0 saturated heterocycles. The van der Waals surface area contributed by atoms with E-state index >= 15 is 0 Å². The summed E-state index contributed by atoms with van der Waals surface area (Å²) < 4.78 is 2.48. The van der Waals surface area contributed by atoms with Crippen LogP contribution in [0.3, 0.4) is 0 Å². The predicted octanol–water partition coefficient (Wildman–Crippen LogP) is 5.86. The topological polar surface area (TPSA) is 8.17 Å². The summed E-state index contributed by atoms with van der Waals surface area (Å²) in [5.41, 5.74) is 8.18. The molecule has 2 aromatic carbocycles. The van der Waals surface area contributed by atoms with Gasteiger partial charge in [0.05, 0.1) is 5.69 Å². The van der Waals surface area contributed by atoms with Gasteiger partial charge in [-0.1, -0.05) is 60.2 Å². The van der Waals surface area contributed by atoms with Gasteiger partial charge in [0, 0.05) is 24.5 Å². The first-order valence-electron chi connectivity index (χ1n) is 9.92. The van der Waals surface area contributed by atoms with Gasteiger partial charge in [0.2, 0.25) is 0 Å². The molecule has 4 rings (SSSR count). The monoisotopic (exact) mass is 356 g/mol. The highest BCUT2D eigenvalue weighted by Crippen LogP contribution is 2.32. The van der Waals surface area contributed by atoms with Crippen molar-refractivity contribution < 1.29 is 0 Å². The van der Waals surface area contributed by atoms with E-state index in [1.807, 2.05) is 0 Å². The summed E-state index contributed by atoms with van der Waals surface area (Å²) in [6.07, 6.45) is 4.67. The molecule has 0 radical (unpaired) electrons. The maximum absolute atomic E-state index is 2.57. The first-order chi connectivity index (χ1) is 13.2. The highest BCUT2D eigenvalue weighted by atomic mass is 15.1. The molecule has 0 N–H and O–H groups in total. The molecular formula is C25H28N2. The zero-order chi connectivity index (χ0) is 18.6. The zero-order valence-corrected chi connectivity index (χ0v) is 16.4. The van der Waals surface area contributed by atoms with E-state index in [9.17, 15) is 0 Å². The van der Waals surface area contributed by atoms with Gasteiger partial charge in [-0.3, -0.25) is 4.90 Å².